The third-order valence-corrected chi connectivity index (χ3v) is 6.61. The van der Waals surface area contributed by atoms with Crippen LogP contribution in [0.1, 0.15) is 34.3 Å². The fraction of sp³-hybridized carbons (Fsp3) is 0.241. The van der Waals surface area contributed by atoms with E-state index in [1.54, 1.807) is 36.2 Å². The molecule has 0 aromatic heterocycles. The van der Waals surface area contributed by atoms with E-state index in [0.29, 0.717) is 11.4 Å². The van der Waals surface area contributed by atoms with Gasteiger partial charge in [-0.3, -0.25) is 14.5 Å². The van der Waals surface area contributed by atoms with Crippen molar-refractivity contribution in [2.75, 3.05) is 19.4 Å². The number of hydrogen-bond acceptors (Lipinski definition) is 4. The molecule has 1 unspecified atom stereocenters. The molecule has 0 fully saturated rings. The van der Waals surface area contributed by atoms with Crippen LogP contribution in [0.5, 0.6) is 0 Å². The SMILES string of the molecule is CNC(C)C1=C(Nc2ccccc2)N(C)C(=O)[C@@H](NC(=O)c2cccc(C)c2)[C@H]1c1ccc(F)cc1. The number of aryl methyl sites for hydroxylation is 1. The highest BCUT2D eigenvalue weighted by molar-refractivity contribution is 5.99. The van der Waals surface area contributed by atoms with E-state index in [9.17, 15) is 14.0 Å². The van der Waals surface area contributed by atoms with Crippen LogP contribution in [0.4, 0.5) is 10.1 Å². The Balaban J connectivity index is 1.85. The number of anilines is 1. The highest BCUT2D eigenvalue weighted by atomic mass is 19.1. The molecule has 2 amide bonds. The number of carbonyl (C=O) groups excluding carboxylic acids is 2. The molecule has 186 valence electrons. The van der Waals surface area contributed by atoms with Crippen molar-refractivity contribution in [1.82, 2.24) is 15.5 Å². The number of halogens is 1. The topological polar surface area (TPSA) is 73.5 Å². The number of amides is 2. The Kier molecular flexibility index (Phi) is 7.50. The van der Waals surface area contributed by atoms with Crippen molar-refractivity contribution in [3.8, 4) is 0 Å². The van der Waals surface area contributed by atoms with E-state index in [-0.39, 0.29) is 23.7 Å². The largest absolute Gasteiger partial charge is 0.342 e. The van der Waals surface area contributed by atoms with Crippen LogP contribution < -0.4 is 16.0 Å². The summed E-state index contributed by atoms with van der Waals surface area (Å²) in [6, 6.07) is 21.9. The number of hydrogen-bond donors (Lipinski definition) is 3. The van der Waals surface area contributed by atoms with Gasteiger partial charge in [-0.05, 0) is 68.4 Å². The van der Waals surface area contributed by atoms with Crippen LogP contribution in [-0.4, -0.2) is 42.9 Å². The first kappa shape index (κ1) is 25.1. The van der Waals surface area contributed by atoms with Crippen LogP contribution in [0.3, 0.4) is 0 Å². The second-order valence-electron chi connectivity index (χ2n) is 9.05. The third-order valence-electron chi connectivity index (χ3n) is 6.61. The van der Waals surface area contributed by atoms with Gasteiger partial charge in [0.05, 0.1) is 0 Å². The zero-order valence-electron chi connectivity index (χ0n) is 20.9. The second-order valence-corrected chi connectivity index (χ2v) is 9.05. The van der Waals surface area contributed by atoms with Crippen LogP contribution in [0.25, 0.3) is 0 Å². The molecule has 0 aliphatic carbocycles. The summed E-state index contributed by atoms with van der Waals surface area (Å²) in [5.41, 5.74) is 3.86. The zero-order valence-corrected chi connectivity index (χ0v) is 20.9. The number of rotatable bonds is 7. The zero-order chi connectivity index (χ0) is 25.8. The molecule has 1 aliphatic heterocycles. The number of benzene rings is 3. The van der Waals surface area contributed by atoms with Gasteiger partial charge in [0.15, 0.2) is 0 Å². The molecule has 3 atom stereocenters. The first-order valence-corrected chi connectivity index (χ1v) is 11.9. The van der Waals surface area contributed by atoms with Gasteiger partial charge in [0.25, 0.3) is 11.8 Å². The quantitative estimate of drug-likeness (QED) is 0.462. The third kappa shape index (κ3) is 5.16. The number of nitrogens with one attached hydrogen (secondary N) is 3. The Hall–Kier alpha value is -3.97. The van der Waals surface area contributed by atoms with Crippen molar-refractivity contribution in [1.29, 1.82) is 0 Å². The van der Waals surface area contributed by atoms with Crippen LogP contribution in [0.15, 0.2) is 90.3 Å². The van der Waals surface area contributed by atoms with Gasteiger partial charge >= 0.3 is 0 Å². The lowest BCUT2D eigenvalue weighted by molar-refractivity contribution is -0.131. The maximum absolute atomic E-state index is 13.9. The summed E-state index contributed by atoms with van der Waals surface area (Å²) in [5, 5.41) is 9.68. The monoisotopic (exact) mass is 486 g/mol. The second kappa shape index (κ2) is 10.7. The van der Waals surface area contributed by atoms with Crippen LogP contribution in [-0.2, 0) is 4.79 Å². The Bertz CT molecular complexity index is 1270. The molecule has 1 aliphatic rings. The van der Waals surface area contributed by atoms with Crippen molar-refractivity contribution >= 4 is 17.5 Å². The minimum atomic E-state index is -0.888. The number of nitrogens with zero attached hydrogens (tertiary/aromatic N) is 1. The lowest BCUT2D eigenvalue weighted by Gasteiger charge is -2.42. The maximum Gasteiger partial charge on any atom is 0.251 e. The summed E-state index contributed by atoms with van der Waals surface area (Å²) in [5.74, 6) is -0.877. The Morgan fingerprint density at radius 2 is 1.69 bits per heavy atom. The average Bonchev–Trinajstić information content (AvgIpc) is 2.89. The van der Waals surface area contributed by atoms with Crippen molar-refractivity contribution in [3.63, 3.8) is 0 Å². The summed E-state index contributed by atoms with van der Waals surface area (Å²) in [7, 11) is 3.54. The van der Waals surface area contributed by atoms with Gasteiger partial charge < -0.3 is 16.0 Å². The van der Waals surface area contributed by atoms with Gasteiger partial charge in [-0.2, -0.15) is 0 Å². The minimum Gasteiger partial charge on any atom is -0.342 e. The maximum atomic E-state index is 13.9. The van der Waals surface area contributed by atoms with E-state index in [1.165, 1.54) is 12.1 Å². The molecule has 0 radical (unpaired) electrons. The molecule has 0 spiro atoms. The molecule has 0 saturated carbocycles. The van der Waals surface area contributed by atoms with Gasteiger partial charge in [0.2, 0.25) is 0 Å². The first-order chi connectivity index (χ1) is 17.3. The number of carbonyl (C=O) groups is 2. The number of likely N-dealkylation sites (N-methyl/N-ethyl adjacent to an activating group) is 2. The summed E-state index contributed by atoms with van der Waals surface area (Å²) in [6.07, 6.45) is 0. The lowest BCUT2D eigenvalue weighted by Crippen LogP contribution is -2.56. The molecule has 36 heavy (non-hydrogen) atoms. The summed E-state index contributed by atoms with van der Waals surface area (Å²) in [4.78, 5) is 28.6. The van der Waals surface area contributed by atoms with E-state index in [4.69, 9.17) is 0 Å². The van der Waals surface area contributed by atoms with Gasteiger partial charge in [0.1, 0.15) is 17.7 Å². The molecule has 4 rings (SSSR count). The molecule has 3 N–H and O–H groups in total. The Morgan fingerprint density at radius 3 is 2.33 bits per heavy atom. The summed E-state index contributed by atoms with van der Waals surface area (Å²) >= 11 is 0. The van der Waals surface area contributed by atoms with E-state index < -0.39 is 12.0 Å². The van der Waals surface area contributed by atoms with Crippen molar-refractivity contribution in [2.45, 2.75) is 31.8 Å². The molecule has 7 heteroatoms. The van der Waals surface area contributed by atoms with Crippen LogP contribution >= 0.6 is 0 Å². The van der Waals surface area contributed by atoms with E-state index in [0.717, 1.165) is 22.4 Å². The van der Waals surface area contributed by atoms with Crippen LogP contribution in [0, 0.1) is 12.7 Å². The Morgan fingerprint density at radius 1 is 1.00 bits per heavy atom. The summed E-state index contributed by atoms with van der Waals surface area (Å²) in [6.45, 7) is 3.91. The van der Waals surface area contributed by atoms with Gasteiger partial charge in [-0.15, -0.1) is 0 Å². The molecule has 1 heterocycles. The van der Waals surface area contributed by atoms with Crippen molar-refractivity contribution in [3.05, 3.63) is 113 Å². The standard InChI is InChI=1S/C29H31FN4O2/c1-18-9-8-10-21(17-18)28(35)33-26-25(20-13-15-22(30)16-14-20)24(19(2)31-3)27(34(4)29(26)36)32-23-11-6-5-7-12-23/h5-17,19,25-26,31-32H,1-4H3,(H,33,35)/t19?,25-,26-/m0/s1. The predicted octanol–water partition coefficient (Wildman–Crippen LogP) is 4.42. The van der Waals surface area contributed by atoms with E-state index in [1.807, 2.05) is 63.4 Å². The molecule has 6 nitrogen and oxygen atoms in total. The van der Waals surface area contributed by atoms with Crippen molar-refractivity contribution in [2.24, 2.45) is 0 Å². The van der Waals surface area contributed by atoms with Gasteiger partial charge in [-0.1, -0.05) is 48.0 Å². The summed E-state index contributed by atoms with van der Waals surface area (Å²) < 4.78 is 13.9. The lowest BCUT2D eigenvalue weighted by atomic mass is 9.78. The number of para-hydroxylation sites is 1. The van der Waals surface area contributed by atoms with E-state index >= 15 is 0 Å². The molecular weight excluding hydrogens is 455 g/mol. The fourth-order valence-electron chi connectivity index (χ4n) is 4.62. The molecule has 0 saturated heterocycles. The van der Waals surface area contributed by atoms with Crippen molar-refractivity contribution < 1.29 is 14.0 Å². The van der Waals surface area contributed by atoms with Crippen LogP contribution in [0.2, 0.25) is 0 Å². The van der Waals surface area contributed by atoms with Gasteiger partial charge in [0, 0.05) is 30.3 Å². The average molecular weight is 487 g/mol. The highest BCUT2D eigenvalue weighted by Crippen LogP contribution is 2.38. The first-order valence-electron chi connectivity index (χ1n) is 11.9. The predicted molar refractivity (Wildman–Crippen MR) is 140 cm³/mol. The van der Waals surface area contributed by atoms with Gasteiger partial charge in [-0.25, -0.2) is 4.39 Å². The Labute approximate surface area is 211 Å². The molecule has 3 aromatic rings. The molecule has 0 bridgehead atoms. The molecule has 3 aromatic carbocycles. The smallest absolute Gasteiger partial charge is 0.251 e. The fourth-order valence-corrected chi connectivity index (χ4v) is 4.62. The highest BCUT2D eigenvalue weighted by Gasteiger charge is 2.44. The molecular formula is C29H31FN4O2. The van der Waals surface area contributed by atoms with E-state index in [2.05, 4.69) is 16.0 Å². The normalized spacial score (nSPS) is 18.7. The minimum absolute atomic E-state index is 0.166.